The molecule has 0 spiro atoms. The van der Waals surface area contributed by atoms with E-state index >= 15 is 0 Å². The quantitative estimate of drug-likeness (QED) is 0.535. The highest BCUT2D eigenvalue weighted by Gasteiger charge is 2.36. The van der Waals surface area contributed by atoms with Crippen LogP contribution in [0.1, 0.15) is 49.0 Å². The summed E-state index contributed by atoms with van der Waals surface area (Å²) in [6.45, 7) is 14.9. The molecule has 0 radical (unpaired) electrons. The molecule has 0 aromatic rings. The second-order valence-electron chi connectivity index (χ2n) is 6.06. The van der Waals surface area contributed by atoms with Crippen molar-refractivity contribution in [3.05, 3.63) is 12.2 Å². The third kappa shape index (κ3) is 2.84. The fourth-order valence-corrected chi connectivity index (χ4v) is 1.97. The minimum Gasteiger partial charge on any atom is -0.288 e. The molecule has 1 aliphatic rings. The first-order valence-corrected chi connectivity index (χ1v) is 5.16. The molecule has 1 heteroatoms. The van der Waals surface area contributed by atoms with E-state index in [1.165, 1.54) is 0 Å². The van der Waals surface area contributed by atoms with Crippen molar-refractivity contribution in [1.29, 1.82) is 0 Å². The van der Waals surface area contributed by atoms with Crippen LogP contribution >= 0.6 is 0 Å². The van der Waals surface area contributed by atoms with Gasteiger partial charge >= 0.3 is 0 Å². The smallest absolute Gasteiger partial charge is 0.0335 e. The summed E-state index contributed by atoms with van der Waals surface area (Å²) >= 11 is 0. The zero-order valence-corrected chi connectivity index (χ0v) is 9.89. The van der Waals surface area contributed by atoms with Crippen LogP contribution in [0, 0.1) is 5.41 Å². The average molecular weight is 197 g/mol. The van der Waals surface area contributed by atoms with E-state index in [-0.39, 0.29) is 13.0 Å². The van der Waals surface area contributed by atoms with Gasteiger partial charge in [-0.25, -0.2) is 0 Å². The van der Waals surface area contributed by atoms with Gasteiger partial charge in [-0.2, -0.15) is 0 Å². The number of hydrogen-bond acceptors (Lipinski definition) is 1. The van der Waals surface area contributed by atoms with E-state index in [1.54, 1.807) is 0 Å². The van der Waals surface area contributed by atoms with Gasteiger partial charge in [-0.05, 0) is 26.2 Å². The molecule has 1 nitrogen and oxygen atoms in total. The van der Waals surface area contributed by atoms with Crippen LogP contribution in [-0.4, -0.2) is 23.0 Å². The van der Waals surface area contributed by atoms with Crippen molar-refractivity contribution in [3.63, 3.8) is 0 Å². The first-order valence-electron chi connectivity index (χ1n) is 5.16. The lowest BCUT2D eigenvalue weighted by Gasteiger charge is -2.42. The molecule has 0 saturated heterocycles. The highest BCUT2D eigenvalue weighted by atomic mass is 15.2. The number of hydrogen-bond donors (Lipinski definition) is 0. The molecular weight excluding hydrogens is 170 g/mol. The van der Waals surface area contributed by atoms with Crippen LogP contribution in [0.25, 0.3) is 0 Å². The summed E-state index contributed by atoms with van der Waals surface area (Å²) in [5, 5.41) is 0. The second kappa shape index (κ2) is 4.06. The van der Waals surface area contributed by atoms with Crippen LogP contribution in [0.3, 0.4) is 0 Å². The number of nitrogens with zero attached hydrogens (tertiary/aromatic N) is 1. The van der Waals surface area contributed by atoms with E-state index in [9.17, 15) is 0 Å². The Balaban J connectivity index is 0.00000169. The van der Waals surface area contributed by atoms with Gasteiger partial charge in [-0.3, -0.25) is 4.90 Å². The van der Waals surface area contributed by atoms with Gasteiger partial charge in [0.05, 0.1) is 0 Å². The van der Waals surface area contributed by atoms with Gasteiger partial charge in [0.2, 0.25) is 0 Å². The van der Waals surface area contributed by atoms with E-state index in [2.05, 4.69) is 58.6 Å². The molecule has 0 fully saturated rings. The molecule has 1 heterocycles. The third-order valence-electron chi connectivity index (χ3n) is 2.71. The predicted octanol–water partition coefficient (Wildman–Crippen LogP) is 3.71. The molecule has 0 amide bonds. The highest BCUT2D eigenvalue weighted by Crippen LogP contribution is 2.33. The normalized spacial score (nSPS) is 23.7. The maximum Gasteiger partial charge on any atom is 0.0335 e. The number of rotatable bonds is 0. The van der Waals surface area contributed by atoms with E-state index in [0.717, 1.165) is 6.54 Å². The lowest BCUT2D eigenvalue weighted by atomic mass is 9.85. The predicted molar refractivity (Wildman–Crippen MR) is 65.6 cm³/mol. The molecule has 1 atom stereocenters. The van der Waals surface area contributed by atoms with Gasteiger partial charge in [0.15, 0.2) is 0 Å². The van der Waals surface area contributed by atoms with Crippen LogP contribution in [0.4, 0.5) is 0 Å². The SMILES string of the molecule is C.CC(C)(C)C1C=CCN1C(C)(C)C. The molecule has 1 aliphatic heterocycles. The summed E-state index contributed by atoms with van der Waals surface area (Å²) in [5.74, 6) is 0. The monoisotopic (exact) mass is 197 g/mol. The Morgan fingerprint density at radius 1 is 1.07 bits per heavy atom. The van der Waals surface area contributed by atoms with E-state index in [1.807, 2.05) is 0 Å². The Kier molecular flexibility index (Phi) is 3.97. The largest absolute Gasteiger partial charge is 0.288 e. The summed E-state index contributed by atoms with van der Waals surface area (Å²) in [4.78, 5) is 2.56. The lowest BCUT2D eigenvalue weighted by Crippen LogP contribution is -2.49. The standard InChI is InChI=1S/C12H23N.CH4/c1-11(2,3)10-8-7-9-13(10)12(4,5)6;/h7-8,10H,9H2,1-6H3;1H4. The topological polar surface area (TPSA) is 3.24 Å². The van der Waals surface area contributed by atoms with Gasteiger partial charge in [-0.1, -0.05) is 40.3 Å². The maximum absolute atomic E-state index is 2.56. The minimum absolute atomic E-state index is 0. The average Bonchev–Trinajstić information content (AvgIpc) is 2.27. The molecule has 84 valence electrons. The molecule has 1 unspecified atom stereocenters. The van der Waals surface area contributed by atoms with Crippen LogP contribution in [-0.2, 0) is 0 Å². The van der Waals surface area contributed by atoms with E-state index < -0.39 is 0 Å². The molecular formula is C13H27N. The van der Waals surface area contributed by atoms with Crippen LogP contribution < -0.4 is 0 Å². The Labute approximate surface area is 90.2 Å². The third-order valence-corrected chi connectivity index (χ3v) is 2.71. The molecule has 0 aromatic carbocycles. The Morgan fingerprint density at radius 3 is 1.86 bits per heavy atom. The Bertz CT molecular complexity index is 202. The summed E-state index contributed by atoms with van der Waals surface area (Å²) in [5.41, 5.74) is 0.627. The van der Waals surface area contributed by atoms with Crippen molar-refractivity contribution in [1.82, 2.24) is 4.90 Å². The molecule has 0 aromatic heterocycles. The van der Waals surface area contributed by atoms with Crippen molar-refractivity contribution < 1.29 is 0 Å². The highest BCUT2D eigenvalue weighted by molar-refractivity contribution is 5.10. The van der Waals surface area contributed by atoms with Crippen molar-refractivity contribution in [3.8, 4) is 0 Å². The van der Waals surface area contributed by atoms with Crippen molar-refractivity contribution in [2.45, 2.75) is 60.5 Å². The van der Waals surface area contributed by atoms with Gasteiger partial charge in [0.25, 0.3) is 0 Å². The molecule has 0 aliphatic carbocycles. The fraction of sp³-hybridized carbons (Fsp3) is 0.846. The first-order chi connectivity index (χ1) is 5.73. The molecule has 0 bridgehead atoms. The van der Waals surface area contributed by atoms with Crippen molar-refractivity contribution in [2.24, 2.45) is 5.41 Å². The fourth-order valence-electron chi connectivity index (χ4n) is 1.97. The summed E-state index contributed by atoms with van der Waals surface area (Å²) < 4.78 is 0. The van der Waals surface area contributed by atoms with Crippen molar-refractivity contribution >= 4 is 0 Å². The van der Waals surface area contributed by atoms with Crippen molar-refractivity contribution in [2.75, 3.05) is 6.54 Å². The maximum atomic E-state index is 2.56. The van der Waals surface area contributed by atoms with Crippen LogP contribution in [0.5, 0.6) is 0 Å². The Morgan fingerprint density at radius 2 is 1.57 bits per heavy atom. The van der Waals surface area contributed by atoms with Crippen LogP contribution in [0.15, 0.2) is 12.2 Å². The van der Waals surface area contributed by atoms with E-state index in [4.69, 9.17) is 0 Å². The van der Waals surface area contributed by atoms with Gasteiger partial charge < -0.3 is 0 Å². The summed E-state index contributed by atoms with van der Waals surface area (Å²) in [6.07, 6.45) is 4.65. The van der Waals surface area contributed by atoms with Gasteiger partial charge in [0.1, 0.15) is 0 Å². The van der Waals surface area contributed by atoms with E-state index in [0.29, 0.717) is 11.5 Å². The van der Waals surface area contributed by atoms with Gasteiger partial charge in [0, 0.05) is 18.1 Å². The molecule has 1 rings (SSSR count). The Hall–Kier alpha value is -0.300. The lowest BCUT2D eigenvalue weighted by molar-refractivity contribution is 0.0726. The molecule has 0 N–H and O–H groups in total. The van der Waals surface area contributed by atoms with Gasteiger partial charge in [-0.15, -0.1) is 0 Å². The summed E-state index contributed by atoms with van der Waals surface area (Å²) in [7, 11) is 0. The second-order valence-corrected chi connectivity index (χ2v) is 6.06. The van der Waals surface area contributed by atoms with Crippen LogP contribution in [0.2, 0.25) is 0 Å². The first kappa shape index (κ1) is 13.7. The molecule has 0 saturated carbocycles. The minimum atomic E-state index is 0. The zero-order chi connectivity index (χ0) is 10.3. The molecule has 14 heavy (non-hydrogen) atoms. The zero-order valence-electron chi connectivity index (χ0n) is 9.89. The summed E-state index contributed by atoms with van der Waals surface area (Å²) in [6, 6.07) is 0.590.